The zero-order chi connectivity index (χ0) is 26.0. The van der Waals surface area contributed by atoms with Crippen LogP contribution in [0.3, 0.4) is 0 Å². The number of β-amino-alcohol motifs (C(OH)–C–C–N with tert-alkyl or cyclic N) is 1. The molecule has 0 aliphatic carbocycles. The topological polar surface area (TPSA) is 106 Å². The first-order valence-electron chi connectivity index (χ1n) is 12.0. The summed E-state index contributed by atoms with van der Waals surface area (Å²) in [7, 11) is 1.60. The van der Waals surface area contributed by atoms with E-state index in [2.05, 4.69) is 25.6 Å². The molecule has 3 aromatic rings. The van der Waals surface area contributed by atoms with Crippen molar-refractivity contribution in [3.8, 4) is 5.75 Å². The predicted molar refractivity (Wildman–Crippen MR) is 146 cm³/mol. The van der Waals surface area contributed by atoms with E-state index in [1.807, 2.05) is 42.5 Å². The molecule has 0 radical (unpaired) electrons. The van der Waals surface area contributed by atoms with E-state index < -0.39 is 5.91 Å². The third kappa shape index (κ3) is 7.46. The minimum atomic E-state index is -0.407. The molecule has 1 fully saturated rings. The molecule has 194 valence electrons. The number of carbonyl (C=O) groups excluding carboxylic acids is 2. The maximum atomic E-state index is 13.0. The number of hydrogen-bond acceptors (Lipinski definition) is 8. The molecule has 4 rings (SSSR count). The number of aliphatic hydroxyl groups excluding tert-OH is 1. The average molecular weight is 522 g/mol. The predicted octanol–water partition coefficient (Wildman–Crippen LogP) is 2.88. The molecule has 0 unspecified atom stereocenters. The number of nitrogens with one attached hydrogen (secondary N) is 2. The van der Waals surface area contributed by atoms with Gasteiger partial charge in [0.15, 0.2) is 0 Å². The molecule has 0 spiro atoms. The molecule has 37 heavy (non-hydrogen) atoms. The number of rotatable bonds is 10. The average Bonchev–Trinajstić information content (AvgIpc) is 3.38. The normalized spacial score (nSPS) is 14.5. The molecule has 0 atom stereocenters. The molecule has 1 saturated heterocycles. The van der Waals surface area contributed by atoms with Gasteiger partial charge in [0.1, 0.15) is 5.75 Å². The maximum Gasteiger partial charge on any atom is 0.274 e. The molecular weight excluding hydrogens is 490 g/mol. The second kappa shape index (κ2) is 13.1. The highest BCUT2D eigenvalue weighted by molar-refractivity contribution is 7.08. The smallest absolute Gasteiger partial charge is 0.274 e. The first kappa shape index (κ1) is 26.5. The SMILES string of the molecule is COc1ccc(/C=N/NC(=O)c2cscc2NC(=O)c2cccc(CN3CCN(CCO)CC3)c2)cc1. The Morgan fingerprint density at radius 3 is 2.54 bits per heavy atom. The number of ether oxygens (including phenoxy) is 1. The van der Waals surface area contributed by atoms with E-state index in [0.29, 0.717) is 23.4 Å². The molecule has 3 N–H and O–H groups in total. The molecule has 9 nitrogen and oxygen atoms in total. The summed E-state index contributed by atoms with van der Waals surface area (Å²) in [5, 5.41) is 19.4. The molecule has 10 heteroatoms. The molecule has 0 bridgehead atoms. The number of hydrogen-bond donors (Lipinski definition) is 3. The van der Waals surface area contributed by atoms with Crippen LogP contribution in [0.15, 0.2) is 64.4 Å². The van der Waals surface area contributed by atoms with Crippen LogP contribution in [-0.2, 0) is 6.54 Å². The first-order valence-corrected chi connectivity index (χ1v) is 13.0. The Labute approximate surface area is 220 Å². The summed E-state index contributed by atoms with van der Waals surface area (Å²) in [4.78, 5) is 30.2. The summed E-state index contributed by atoms with van der Waals surface area (Å²) >= 11 is 1.33. The van der Waals surface area contributed by atoms with Crippen molar-refractivity contribution in [3.63, 3.8) is 0 Å². The molecule has 0 saturated carbocycles. The summed E-state index contributed by atoms with van der Waals surface area (Å²) in [5.74, 6) is 0.0571. The van der Waals surface area contributed by atoms with Gasteiger partial charge in [0, 0.05) is 55.6 Å². The number of anilines is 1. The van der Waals surface area contributed by atoms with Crippen molar-refractivity contribution in [1.29, 1.82) is 0 Å². The van der Waals surface area contributed by atoms with Crippen molar-refractivity contribution in [2.24, 2.45) is 5.10 Å². The van der Waals surface area contributed by atoms with E-state index in [4.69, 9.17) is 9.84 Å². The molecular formula is C27H31N5O4S. The fourth-order valence-corrected chi connectivity index (χ4v) is 4.82. The van der Waals surface area contributed by atoms with Crippen LogP contribution in [0.5, 0.6) is 5.75 Å². The van der Waals surface area contributed by atoms with Gasteiger partial charge in [-0.2, -0.15) is 5.10 Å². The van der Waals surface area contributed by atoms with Crippen molar-refractivity contribution >= 4 is 35.1 Å². The summed E-state index contributed by atoms with van der Waals surface area (Å²) in [6.45, 7) is 5.34. The van der Waals surface area contributed by atoms with Gasteiger partial charge in [-0.25, -0.2) is 5.43 Å². The van der Waals surface area contributed by atoms with Crippen molar-refractivity contribution in [2.75, 3.05) is 51.8 Å². The molecule has 2 amide bonds. The zero-order valence-corrected chi connectivity index (χ0v) is 21.5. The third-order valence-electron chi connectivity index (χ3n) is 6.13. The number of amides is 2. The van der Waals surface area contributed by atoms with Crippen LogP contribution in [0.2, 0.25) is 0 Å². The van der Waals surface area contributed by atoms with Crippen LogP contribution < -0.4 is 15.5 Å². The Morgan fingerprint density at radius 2 is 1.81 bits per heavy atom. The van der Waals surface area contributed by atoms with Crippen LogP contribution in [0.25, 0.3) is 0 Å². The van der Waals surface area contributed by atoms with Gasteiger partial charge >= 0.3 is 0 Å². The number of thiophene rings is 1. The number of nitrogens with zero attached hydrogens (tertiary/aromatic N) is 3. The third-order valence-corrected chi connectivity index (χ3v) is 6.87. The second-order valence-electron chi connectivity index (χ2n) is 8.67. The van der Waals surface area contributed by atoms with Gasteiger partial charge in [0.2, 0.25) is 0 Å². The molecule has 2 aromatic carbocycles. The fourth-order valence-electron chi connectivity index (χ4n) is 4.06. The molecule has 1 aliphatic heterocycles. The highest BCUT2D eigenvalue weighted by atomic mass is 32.1. The molecule has 2 heterocycles. The Bertz CT molecular complexity index is 1220. The van der Waals surface area contributed by atoms with Crippen molar-refractivity contribution < 1.29 is 19.4 Å². The van der Waals surface area contributed by atoms with Gasteiger partial charge in [0.05, 0.1) is 31.2 Å². The zero-order valence-electron chi connectivity index (χ0n) is 20.7. The number of piperazine rings is 1. The summed E-state index contributed by atoms with van der Waals surface area (Å²) in [6, 6.07) is 14.8. The standard InChI is InChI=1S/C27H31N5O4S/c1-36-23-7-5-20(6-8-23)16-28-30-27(35)24-18-37-19-25(24)29-26(34)22-4-2-3-21(15-22)17-32-11-9-31(10-12-32)13-14-33/h2-8,15-16,18-19,33H,9-14,17H2,1H3,(H,29,34)(H,30,35)/b28-16+. The Balaban J connectivity index is 1.32. The quantitative estimate of drug-likeness (QED) is 0.280. The lowest BCUT2D eigenvalue weighted by atomic mass is 10.1. The van der Waals surface area contributed by atoms with Crippen molar-refractivity contribution in [1.82, 2.24) is 15.2 Å². The summed E-state index contributed by atoms with van der Waals surface area (Å²) in [6.07, 6.45) is 1.54. The molecule has 1 aliphatic rings. The van der Waals surface area contributed by atoms with Crippen molar-refractivity contribution in [2.45, 2.75) is 6.54 Å². The fraction of sp³-hybridized carbons (Fsp3) is 0.296. The van der Waals surface area contributed by atoms with Crippen LogP contribution in [0.4, 0.5) is 5.69 Å². The largest absolute Gasteiger partial charge is 0.497 e. The highest BCUT2D eigenvalue weighted by Crippen LogP contribution is 2.22. The minimum absolute atomic E-state index is 0.182. The van der Waals surface area contributed by atoms with Gasteiger partial charge in [0.25, 0.3) is 11.8 Å². The van der Waals surface area contributed by atoms with Crippen LogP contribution >= 0.6 is 11.3 Å². The van der Waals surface area contributed by atoms with Gasteiger partial charge in [-0.05, 0) is 47.5 Å². The number of methoxy groups -OCH3 is 1. The van der Waals surface area contributed by atoms with Gasteiger partial charge in [-0.3, -0.25) is 19.4 Å². The number of carbonyl (C=O) groups is 2. The maximum absolute atomic E-state index is 13.0. The molecule has 1 aromatic heterocycles. The summed E-state index contributed by atoms with van der Waals surface area (Å²) in [5.41, 5.74) is 5.71. The van der Waals surface area contributed by atoms with E-state index in [1.165, 1.54) is 11.3 Å². The Hall–Kier alpha value is -3.57. The van der Waals surface area contributed by atoms with Crippen molar-refractivity contribution in [3.05, 3.63) is 81.5 Å². The second-order valence-corrected chi connectivity index (χ2v) is 9.41. The van der Waals surface area contributed by atoms with E-state index in [1.54, 1.807) is 30.2 Å². The van der Waals surface area contributed by atoms with Gasteiger partial charge in [-0.15, -0.1) is 11.3 Å². The monoisotopic (exact) mass is 521 g/mol. The number of benzene rings is 2. The number of aliphatic hydroxyl groups is 1. The van der Waals surface area contributed by atoms with E-state index in [0.717, 1.165) is 49.6 Å². The van der Waals surface area contributed by atoms with Gasteiger partial charge < -0.3 is 15.2 Å². The van der Waals surface area contributed by atoms with Crippen LogP contribution in [-0.4, -0.2) is 79.4 Å². The van der Waals surface area contributed by atoms with Gasteiger partial charge in [-0.1, -0.05) is 12.1 Å². The lowest BCUT2D eigenvalue weighted by Crippen LogP contribution is -2.46. The lowest BCUT2D eigenvalue weighted by Gasteiger charge is -2.34. The first-order chi connectivity index (χ1) is 18.1. The van der Waals surface area contributed by atoms with E-state index in [-0.39, 0.29) is 12.5 Å². The van der Waals surface area contributed by atoms with E-state index in [9.17, 15) is 9.59 Å². The van der Waals surface area contributed by atoms with Crippen LogP contribution in [0.1, 0.15) is 31.8 Å². The minimum Gasteiger partial charge on any atom is -0.497 e. The Morgan fingerprint density at radius 1 is 1.05 bits per heavy atom. The number of hydrazone groups is 1. The lowest BCUT2D eigenvalue weighted by molar-refractivity contribution is 0.0956. The summed E-state index contributed by atoms with van der Waals surface area (Å²) < 4.78 is 5.13. The highest BCUT2D eigenvalue weighted by Gasteiger charge is 2.18. The Kier molecular flexibility index (Phi) is 9.39. The van der Waals surface area contributed by atoms with Crippen LogP contribution in [0, 0.1) is 0 Å². The van der Waals surface area contributed by atoms with E-state index >= 15 is 0 Å².